The van der Waals surface area contributed by atoms with Gasteiger partial charge in [0.15, 0.2) is 0 Å². The second-order valence-corrected chi connectivity index (χ2v) is 6.00. The maximum absolute atomic E-state index is 4.61. The van der Waals surface area contributed by atoms with Gasteiger partial charge in [0.05, 0.1) is 18.1 Å². The van der Waals surface area contributed by atoms with Crippen LogP contribution >= 0.6 is 0 Å². The van der Waals surface area contributed by atoms with E-state index in [0.717, 1.165) is 43.4 Å². The zero-order chi connectivity index (χ0) is 16.9. The first kappa shape index (κ1) is 15.4. The van der Waals surface area contributed by atoms with Crippen molar-refractivity contribution < 1.29 is 0 Å². The Bertz CT molecular complexity index is 793. The third kappa shape index (κ3) is 3.71. The van der Waals surface area contributed by atoms with Crippen LogP contribution in [0.25, 0.3) is 0 Å². The van der Waals surface area contributed by atoms with E-state index in [-0.39, 0.29) is 0 Å². The van der Waals surface area contributed by atoms with Gasteiger partial charge >= 0.3 is 0 Å². The van der Waals surface area contributed by atoms with E-state index < -0.39 is 0 Å². The van der Waals surface area contributed by atoms with Crippen molar-refractivity contribution in [2.75, 3.05) is 23.3 Å². The number of pyridine rings is 1. The predicted molar refractivity (Wildman–Crippen MR) is 95.8 cm³/mol. The van der Waals surface area contributed by atoms with Gasteiger partial charge in [-0.3, -0.25) is 4.98 Å². The van der Waals surface area contributed by atoms with Gasteiger partial charge in [0.2, 0.25) is 5.95 Å². The van der Waals surface area contributed by atoms with E-state index in [4.69, 9.17) is 0 Å². The highest BCUT2D eigenvalue weighted by molar-refractivity contribution is 5.49. The van der Waals surface area contributed by atoms with E-state index in [1.807, 2.05) is 30.5 Å². The highest BCUT2D eigenvalue weighted by Crippen LogP contribution is 2.27. The number of piperidine rings is 1. The molecule has 1 atom stereocenters. The van der Waals surface area contributed by atoms with Gasteiger partial charge in [-0.25, -0.2) is 19.9 Å². The normalized spacial score (nSPS) is 17.3. The zero-order valence-corrected chi connectivity index (χ0v) is 13.8. The SMILES string of the molecule is c1ccc(Nc2cnc([C@H]3CCCN(c4ncccn4)C3)cn2)nc1. The summed E-state index contributed by atoms with van der Waals surface area (Å²) >= 11 is 0. The van der Waals surface area contributed by atoms with E-state index in [2.05, 4.69) is 35.1 Å². The summed E-state index contributed by atoms with van der Waals surface area (Å²) in [5.74, 6) is 2.58. The Balaban J connectivity index is 1.44. The van der Waals surface area contributed by atoms with Crippen LogP contribution in [0.3, 0.4) is 0 Å². The molecule has 0 radical (unpaired) electrons. The molecule has 0 spiro atoms. The van der Waals surface area contributed by atoms with Crippen LogP contribution in [0.5, 0.6) is 0 Å². The molecule has 3 aromatic rings. The molecule has 0 saturated carbocycles. The minimum Gasteiger partial charge on any atom is -0.340 e. The maximum atomic E-state index is 4.61. The third-order valence-electron chi connectivity index (χ3n) is 4.27. The predicted octanol–water partition coefficient (Wildman–Crippen LogP) is 2.79. The minimum atomic E-state index is 0.342. The van der Waals surface area contributed by atoms with Crippen molar-refractivity contribution in [1.82, 2.24) is 24.9 Å². The highest BCUT2D eigenvalue weighted by atomic mass is 15.3. The van der Waals surface area contributed by atoms with Crippen LogP contribution in [0.15, 0.2) is 55.2 Å². The topological polar surface area (TPSA) is 79.7 Å². The molecule has 7 heteroatoms. The van der Waals surface area contributed by atoms with Gasteiger partial charge in [-0.2, -0.15) is 0 Å². The average molecular weight is 333 g/mol. The Morgan fingerprint density at radius 3 is 2.52 bits per heavy atom. The second-order valence-electron chi connectivity index (χ2n) is 6.00. The molecular weight excluding hydrogens is 314 g/mol. The van der Waals surface area contributed by atoms with Crippen LogP contribution in [0.1, 0.15) is 24.5 Å². The molecule has 0 aromatic carbocycles. The molecule has 0 aliphatic carbocycles. The largest absolute Gasteiger partial charge is 0.340 e. The molecule has 126 valence electrons. The van der Waals surface area contributed by atoms with Crippen molar-refractivity contribution in [3.63, 3.8) is 0 Å². The van der Waals surface area contributed by atoms with Gasteiger partial charge in [0.1, 0.15) is 11.6 Å². The van der Waals surface area contributed by atoms with Crippen LogP contribution in [-0.2, 0) is 0 Å². The van der Waals surface area contributed by atoms with Gasteiger partial charge in [-0.1, -0.05) is 6.07 Å². The molecule has 25 heavy (non-hydrogen) atoms. The lowest BCUT2D eigenvalue weighted by Crippen LogP contribution is -2.35. The van der Waals surface area contributed by atoms with Crippen LogP contribution in [0.2, 0.25) is 0 Å². The highest BCUT2D eigenvalue weighted by Gasteiger charge is 2.24. The molecule has 7 nitrogen and oxygen atoms in total. The summed E-state index contributed by atoms with van der Waals surface area (Å²) < 4.78 is 0. The summed E-state index contributed by atoms with van der Waals surface area (Å²) in [4.78, 5) is 24.2. The molecule has 1 aliphatic heterocycles. The smallest absolute Gasteiger partial charge is 0.225 e. The number of nitrogens with one attached hydrogen (secondary N) is 1. The second kappa shape index (κ2) is 7.21. The molecule has 1 fully saturated rings. The van der Waals surface area contributed by atoms with E-state index >= 15 is 0 Å². The van der Waals surface area contributed by atoms with Gasteiger partial charge in [-0.15, -0.1) is 0 Å². The molecule has 1 saturated heterocycles. The Hall–Kier alpha value is -3.09. The summed E-state index contributed by atoms with van der Waals surface area (Å²) in [6.45, 7) is 1.85. The Morgan fingerprint density at radius 2 is 1.76 bits per heavy atom. The van der Waals surface area contributed by atoms with Crippen molar-refractivity contribution in [2.45, 2.75) is 18.8 Å². The van der Waals surface area contributed by atoms with Gasteiger partial charge in [0, 0.05) is 37.6 Å². The summed E-state index contributed by atoms with van der Waals surface area (Å²) in [5, 5.41) is 3.15. The Kier molecular flexibility index (Phi) is 4.45. The molecule has 4 heterocycles. The molecule has 0 unspecified atom stereocenters. The molecule has 1 N–H and O–H groups in total. The van der Waals surface area contributed by atoms with Crippen molar-refractivity contribution >= 4 is 17.6 Å². The van der Waals surface area contributed by atoms with E-state index in [9.17, 15) is 0 Å². The summed E-state index contributed by atoms with van der Waals surface area (Å²) in [7, 11) is 0. The molecule has 0 bridgehead atoms. The molecular formula is C18H19N7. The fraction of sp³-hybridized carbons (Fsp3) is 0.278. The Labute approximate surface area is 146 Å². The summed E-state index contributed by atoms with van der Waals surface area (Å²) in [6, 6.07) is 7.54. The number of anilines is 3. The number of nitrogens with zero attached hydrogens (tertiary/aromatic N) is 6. The third-order valence-corrected chi connectivity index (χ3v) is 4.27. The van der Waals surface area contributed by atoms with Crippen molar-refractivity contribution in [3.8, 4) is 0 Å². The molecule has 3 aromatic heterocycles. The maximum Gasteiger partial charge on any atom is 0.225 e. The summed E-state index contributed by atoms with van der Waals surface area (Å²) in [5.41, 5.74) is 1.01. The number of hydrogen-bond acceptors (Lipinski definition) is 7. The zero-order valence-electron chi connectivity index (χ0n) is 13.8. The van der Waals surface area contributed by atoms with Gasteiger partial charge in [-0.05, 0) is 31.0 Å². The first-order chi connectivity index (χ1) is 12.4. The van der Waals surface area contributed by atoms with Gasteiger partial charge < -0.3 is 10.2 Å². The van der Waals surface area contributed by atoms with E-state index in [0.29, 0.717) is 11.7 Å². The lowest BCUT2D eigenvalue weighted by molar-refractivity contribution is 0.494. The number of rotatable bonds is 4. The van der Waals surface area contributed by atoms with Crippen LogP contribution in [-0.4, -0.2) is 38.0 Å². The van der Waals surface area contributed by atoms with Crippen LogP contribution in [0.4, 0.5) is 17.6 Å². The summed E-state index contributed by atoms with van der Waals surface area (Å²) in [6.07, 6.45) is 11.1. The Morgan fingerprint density at radius 1 is 0.880 bits per heavy atom. The van der Waals surface area contributed by atoms with Crippen molar-refractivity contribution in [2.24, 2.45) is 0 Å². The van der Waals surface area contributed by atoms with Crippen molar-refractivity contribution in [3.05, 3.63) is 60.9 Å². The molecule has 4 rings (SSSR count). The van der Waals surface area contributed by atoms with E-state index in [1.165, 1.54) is 0 Å². The monoisotopic (exact) mass is 333 g/mol. The quantitative estimate of drug-likeness (QED) is 0.786. The average Bonchev–Trinajstić information content (AvgIpc) is 2.70. The fourth-order valence-electron chi connectivity index (χ4n) is 3.04. The molecule has 0 amide bonds. The fourth-order valence-corrected chi connectivity index (χ4v) is 3.04. The van der Waals surface area contributed by atoms with Crippen molar-refractivity contribution in [1.29, 1.82) is 0 Å². The standard InChI is InChI=1S/C18H19N7/c1-2-7-19-16(6-1)24-17-12-22-15(11-23-17)14-5-3-10-25(13-14)18-20-8-4-9-21-18/h1-2,4,6-9,11-12,14H,3,5,10,13H2,(H,19,23,24)/t14-/m0/s1. The lowest BCUT2D eigenvalue weighted by Gasteiger charge is -2.32. The van der Waals surface area contributed by atoms with Gasteiger partial charge in [0.25, 0.3) is 0 Å². The molecule has 1 aliphatic rings. The minimum absolute atomic E-state index is 0.342. The number of hydrogen-bond donors (Lipinski definition) is 1. The first-order valence-electron chi connectivity index (χ1n) is 8.40. The lowest BCUT2D eigenvalue weighted by atomic mass is 9.95. The number of aromatic nitrogens is 5. The van der Waals surface area contributed by atoms with Crippen LogP contribution < -0.4 is 10.2 Å². The first-order valence-corrected chi connectivity index (χ1v) is 8.40. The van der Waals surface area contributed by atoms with Crippen LogP contribution in [0, 0.1) is 0 Å². The van der Waals surface area contributed by atoms with E-state index in [1.54, 1.807) is 24.8 Å².